The Morgan fingerprint density at radius 1 is 1.31 bits per heavy atom. The summed E-state index contributed by atoms with van der Waals surface area (Å²) in [5.41, 5.74) is 2.26. The molecule has 152 valence electrons. The fourth-order valence-electron chi connectivity index (χ4n) is 4.39. The van der Waals surface area contributed by atoms with Crippen LogP contribution in [0.1, 0.15) is 49.2 Å². The Hall–Kier alpha value is -3.09. The van der Waals surface area contributed by atoms with E-state index in [-0.39, 0.29) is 29.3 Å². The number of fused-ring (bicyclic) bond motifs is 1. The molecule has 1 saturated heterocycles. The first-order valence-electron chi connectivity index (χ1n) is 9.90. The number of nitrogens with zero attached hydrogens (tertiary/aromatic N) is 3. The average molecular weight is 393 g/mol. The van der Waals surface area contributed by atoms with Crippen molar-refractivity contribution in [1.29, 1.82) is 0 Å². The number of likely N-dealkylation sites (tertiary alicyclic amines) is 1. The molecule has 1 aliphatic heterocycles. The predicted octanol–water partition coefficient (Wildman–Crippen LogP) is 3.02. The number of carbonyl (C=O) groups excluding carboxylic acids is 2. The highest BCUT2D eigenvalue weighted by Gasteiger charge is 2.45. The Morgan fingerprint density at radius 2 is 2.10 bits per heavy atom. The lowest BCUT2D eigenvalue weighted by Crippen LogP contribution is -2.44. The second kappa shape index (κ2) is 7.06. The van der Waals surface area contributed by atoms with Gasteiger partial charge in [-0.1, -0.05) is 6.07 Å². The van der Waals surface area contributed by atoms with E-state index in [2.05, 4.69) is 15.4 Å². The van der Waals surface area contributed by atoms with Crippen LogP contribution in [0.5, 0.6) is 0 Å². The number of aryl methyl sites for hydroxylation is 1. The number of amides is 2. The van der Waals surface area contributed by atoms with Gasteiger partial charge in [-0.3, -0.25) is 14.3 Å². The van der Waals surface area contributed by atoms with Gasteiger partial charge >= 0.3 is 0 Å². The predicted molar refractivity (Wildman–Crippen MR) is 111 cm³/mol. The number of aromatic amines is 1. The van der Waals surface area contributed by atoms with Crippen molar-refractivity contribution < 1.29 is 9.59 Å². The first-order chi connectivity index (χ1) is 13.8. The van der Waals surface area contributed by atoms with Crippen LogP contribution in [0.25, 0.3) is 10.9 Å². The Kier molecular flexibility index (Phi) is 4.68. The average Bonchev–Trinajstić information content (AvgIpc) is 3.36. The standard InChI is InChI=1S/C22H27N5O2/c1-22(2,3)27-19(28)10-14(20(27)15-12-25-26(4)13-15)11-24-21(29)17-6-5-7-18-16(17)8-9-23-18/h5-9,12-14,20,23H,10-11H2,1-4H3,(H,24,29)/t14-,20+/m0/s1. The monoisotopic (exact) mass is 393 g/mol. The maximum Gasteiger partial charge on any atom is 0.251 e. The maximum absolute atomic E-state index is 12.9. The molecular weight excluding hydrogens is 366 g/mol. The summed E-state index contributed by atoms with van der Waals surface area (Å²) in [6, 6.07) is 7.43. The zero-order valence-corrected chi connectivity index (χ0v) is 17.3. The van der Waals surface area contributed by atoms with Crippen LogP contribution < -0.4 is 5.32 Å². The molecule has 7 heteroatoms. The number of nitrogens with one attached hydrogen (secondary N) is 2. The van der Waals surface area contributed by atoms with Crippen LogP contribution in [0, 0.1) is 5.92 Å². The molecule has 0 saturated carbocycles. The molecule has 2 atom stereocenters. The minimum Gasteiger partial charge on any atom is -0.361 e. The zero-order chi connectivity index (χ0) is 20.8. The van der Waals surface area contributed by atoms with E-state index in [0.29, 0.717) is 18.5 Å². The van der Waals surface area contributed by atoms with Crippen molar-refractivity contribution >= 4 is 22.7 Å². The van der Waals surface area contributed by atoms with Crippen molar-refractivity contribution in [2.24, 2.45) is 13.0 Å². The lowest BCUT2D eigenvalue weighted by atomic mass is 9.93. The molecule has 0 radical (unpaired) electrons. The van der Waals surface area contributed by atoms with E-state index in [9.17, 15) is 9.59 Å². The van der Waals surface area contributed by atoms with Gasteiger partial charge in [0.15, 0.2) is 0 Å². The first-order valence-corrected chi connectivity index (χ1v) is 9.90. The van der Waals surface area contributed by atoms with E-state index in [0.717, 1.165) is 16.5 Å². The lowest BCUT2D eigenvalue weighted by Gasteiger charge is -2.38. The largest absolute Gasteiger partial charge is 0.361 e. The number of aromatic nitrogens is 3. The summed E-state index contributed by atoms with van der Waals surface area (Å²) in [7, 11) is 1.87. The van der Waals surface area contributed by atoms with E-state index in [1.54, 1.807) is 4.68 Å². The highest BCUT2D eigenvalue weighted by Crippen LogP contribution is 2.42. The van der Waals surface area contributed by atoms with E-state index in [1.807, 2.05) is 75.6 Å². The summed E-state index contributed by atoms with van der Waals surface area (Å²) in [5, 5.41) is 8.26. The lowest BCUT2D eigenvalue weighted by molar-refractivity contribution is -0.133. The van der Waals surface area contributed by atoms with Gasteiger partial charge in [-0.15, -0.1) is 0 Å². The summed E-state index contributed by atoms with van der Waals surface area (Å²) in [4.78, 5) is 30.8. The fraction of sp³-hybridized carbons (Fsp3) is 0.409. The van der Waals surface area contributed by atoms with Crippen LogP contribution >= 0.6 is 0 Å². The number of hydrogen-bond donors (Lipinski definition) is 2. The molecule has 0 bridgehead atoms. The number of rotatable bonds is 4. The van der Waals surface area contributed by atoms with E-state index in [4.69, 9.17) is 0 Å². The van der Waals surface area contributed by atoms with Gasteiger partial charge in [0.25, 0.3) is 5.91 Å². The van der Waals surface area contributed by atoms with E-state index >= 15 is 0 Å². The highest BCUT2D eigenvalue weighted by molar-refractivity contribution is 6.06. The van der Waals surface area contributed by atoms with Gasteiger partial charge in [0.1, 0.15) is 0 Å². The van der Waals surface area contributed by atoms with Gasteiger partial charge in [0.05, 0.1) is 12.2 Å². The molecule has 0 aliphatic carbocycles. The molecule has 2 amide bonds. The Bertz CT molecular complexity index is 1060. The molecule has 3 aromatic rings. The Morgan fingerprint density at radius 3 is 2.79 bits per heavy atom. The summed E-state index contributed by atoms with van der Waals surface area (Å²) >= 11 is 0. The number of benzene rings is 1. The van der Waals surface area contributed by atoms with Crippen molar-refractivity contribution in [3.8, 4) is 0 Å². The van der Waals surface area contributed by atoms with Crippen molar-refractivity contribution in [3.63, 3.8) is 0 Å². The topological polar surface area (TPSA) is 83.0 Å². The van der Waals surface area contributed by atoms with Crippen LogP contribution in [0.15, 0.2) is 42.9 Å². The van der Waals surface area contributed by atoms with Crippen LogP contribution in [0.2, 0.25) is 0 Å². The first kappa shape index (κ1) is 19.2. The molecule has 3 heterocycles. The Balaban J connectivity index is 1.57. The minimum atomic E-state index is -0.312. The highest BCUT2D eigenvalue weighted by atomic mass is 16.2. The van der Waals surface area contributed by atoms with Gasteiger partial charge in [-0.2, -0.15) is 5.10 Å². The van der Waals surface area contributed by atoms with Gasteiger partial charge < -0.3 is 15.2 Å². The third-order valence-corrected chi connectivity index (χ3v) is 5.58. The van der Waals surface area contributed by atoms with Gasteiger partial charge in [-0.05, 0) is 39.0 Å². The van der Waals surface area contributed by atoms with Crippen molar-refractivity contribution in [1.82, 2.24) is 25.0 Å². The number of hydrogen-bond acceptors (Lipinski definition) is 3. The molecule has 1 fully saturated rings. The smallest absolute Gasteiger partial charge is 0.251 e. The van der Waals surface area contributed by atoms with Crippen molar-refractivity contribution in [2.75, 3.05) is 6.54 Å². The van der Waals surface area contributed by atoms with Gasteiger partial charge in [-0.25, -0.2) is 0 Å². The molecule has 7 nitrogen and oxygen atoms in total. The second-order valence-corrected chi connectivity index (χ2v) is 8.75. The molecule has 2 aromatic heterocycles. The molecule has 0 spiro atoms. The van der Waals surface area contributed by atoms with Crippen LogP contribution in [0.4, 0.5) is 0 Å². The van der Waals surface area contributed by atoms with Gasteiger partial charge in [0.2, 0.25) is 5.91 Å². The minimum absolute atomic E-state index is 0.0136. The molecular formula is C22H27N5O2. The molecule has 1 aromatic carbocycles. The number of H-pyrrole nitrogens is 1. The summed E-state index contributed by atoms with van der Waals surface area (Å²) in [5.74, 6) is -0.0274. The van der Waals surface area contributed by atoms with Crippen LogP contribution in [-0.2, 0) is 11.8 Å². The van der Waals surface area contributed by atoms with Crippen LogP contribution in [-0.4, -0.2) is 43.6 Å². The molecule has 29 heavy (non-hydrogen) atoms. The molecule has 0 unspecified atom stereocenters. The van der Waals surface area contributed by atoms with E-state index in [1.165, 1.54) is 0 Å². The van der Waals surface area contributed by atoms with E-state index < -0.39 is 0 Å². The normalized spacial score (nSPS) is 19.9. The summed E-state index contributed by atoms with van der Waals surface area (Å²) in [6.45, 7) is 6.56. The van der Waals surface area contributed by atoms with Crippen molar-refractivity contribution in [2.45, 2.75) is 38.8 Å². The molecule has 2 N–H and O–H groups in total. The maximum atomic E-state index is 12.9. The SMILES string of the molecule is Cn1cc([C@H]2[C@H](CNC(=O)c3cccc4[nH]ccc34)CC(=O)N2C(C)(C)C)cn1. The molecule has 1 aliphatic rings. The quantitative estimate of drug-likeness (QED) is 0.715. The zero-order valence-electron chi connectivity index (χ0n) is 17.3. The third-order valence-electron chi connectivity index (χ3n) is 5.58. The van der Waals surface area contributed by atoms with Crippen LogP contribution in [0.3, 0.4) is 0 Å². The third kappa shape index (κ3) is 3.52. The second-order valence-electron chi connectivity index (χ2n) is 8.75. The summed E-state index contributed by atoms with van der Waals surface area (Å²) < 4.78 is 1.75. The molecule has 4 rings (SSSR count). The van der Waals surface area contributed by atoms with Crippen molar-refractivity contribution in [3.05, 3.63) is 54.0 Å². The van der Waals surface area contributed by atoms with Gasteiger partial charge in [0, 0.05) is 65.9 Å². The Labute approximate surface area is 170 Å². The fourth-order valence-corrected chi connectivity index (χ4v) is 4.39. The number of carbonyl (C=O) groups is 2. The summed E-state index contributed by atoms with van der Waals surface area (Å²) in [6.07, 6.45) is 6.01.